The molecule has 1 unspecified atom stereocenters. The quantitative estimate of drug-likeness (QED) is 0.530. The number of benzene rings is 1. The summed E-state index contributed by atoms with van der Waals surface area (Å²) in [4.78, 5) is 2.47. The van der Waals surface area contributed by atoms with E-state index in [2.05, 4.69) is 56.1 Å². The lowest BCUT2D eigenvalue weighted by molar-refractivity contribution is 0.0187. The molecule has 0 saturated carbocycles. The molecule has 1 fully saturated rings. The second kappa shape index (κ2) is 8.28. The molecule has 0 radical (unpaired) electrons. The smallest absolute Gasteiger partial charge is 0.186 e. The summed E-state index contributed by atoms with van der Waals surface area (Å²) in [6.45, 7) is 4.18. The Bertz CT molecular complexity index is 1060. The summed E-state index contributed by atoms with van der Waals surface area (Å²) in [5.74, 6) is 1.57. The Kier molecular flexibility index (Phi) is 5.21. The van der Waals surface area contributed by atoms with Gasteiger partial charge in [0.15, 0.2) is 11.5 Å². The van der Waals surface area contributed by atoms with E-state index in [1.165, 1.54) is 5.56 Å². The van der Waals surface area contributed by atoms with E-state index in [1.807, 2.05) is 23.6 Å². The number of morpholine rings is 1. The van der Waals surface area contributed by atoms with Crippen molar-refractivity contribution in [1.29, 1.82) is 0 Å². The Morgan fingerprint density at radius 3 is 2.69 bits per heavy atom. The maximum Gasteiger partial charge on any atom is 0.186 e. The van der Waals surface area contributed by atoms with Gasteiger partial charge in [0.1, 0.15) is 5.82 Å². The number of fused-ring (bicyclic) bond motifs is 1. The third-order valence-corrected chi connectivity index (χ3v) is 5.87. The molecule has 0 aliphatic carbocycles. The largest absolute Gasteiger partial charge is 0.379 e. The average Bonchev–Trinajstić information content (AvgIpc) is 3.45. The van der Waals surface area contributed by atoms with Crippen molar-refractivity contribution in [1.82, 2.24) is 24.7 Å². The second-order valence-electron chi connectivity index (χ2n) is 6.98. The normalized spacial score (nSPS) is 16.1. The number of thiophene rings is 1. The number of hydrogen-bond acceptors (Lipinski definition) is 7. The van der Waals surface area contributed by atoms with E-state index >= 15 is 0 Å². The number of nitrogens with zero attached hydrogens (tertiary/aromatic N) is 5. The zero-order valence-electron chi connectivity index (χ0n) is 15.9. The zero-order chi connectivity index (χ0) is 19.5. The van der Waals surface area contributed by atoms with Crippen LogP contribution < -0.4 is 5.32 Å². The van der Waals surface area contributed by atoms with Crippen molar-refractivity contribution >= 4 is 22.8 Å². The summed E-state index contributed by atoms with van der Waals surface area (Å²) >= 11 is 1.64. The third kappa shape index (κ3) is 3.87. The summed E-state index contributed by atoms with van der Waals surface area (Å²) < 4.78 is 7.35. The highest BCUT2D eigenvalue weighted by Gasteiger charge is 2.22. The van der Waals surface area contributed by atoms with Crippen LogP contribution in [0.5, 0.6) is 0 Å². The molecule has 1 aliphatic heterocycles. The molecular weight excluding hydrogens is 384 g/mol. The highest BCUT2D eigenvalue weighted by atomic mass is 32.1. The van der Waals surface area contributed by atoms with Crippen molar-refractivity contribution in [2.75, 3.05) is 38.2 Å². The average molecular weight is 407 g/mol. The molecule has 1 aromatic carbocycles. The predicted octanol–water partition coefficient (Wildman–Crippen LogP) is 3.34. The van der Waals surface area contributed by atoms with Gasteiger partial charge in [0.2, 0.25) is 0 Å². The summed E-state index contributed by atoms with van der Waals surface area (Å²) in [5, 5.41) is 20.9. The van der Waals surface area contributed by atoms with Crippen molar-refractivity contribution in [2.45, 2.75) is 6.04 Å². The molecule has 1 atom stereocenters. The van der Waals surface area contributed by atoms with Crippen molar-refractivity contribution < 1.29 is 4.74 Å². The molecule has 8 heteroatoms. The van der Waals surface area contributed by atoms with Gasteiger partial charge in [-0.1, -0.05) is 30.3 Å². The first kappa shape index (κ1) is 18.2. The molecule has 4 heterocycles. The molecule has 1 saturated heterocycles. The first-order valence-corrected chi connectivity index (χ1v) is 10.7. The maximum absolute atomic E-state index is 5.55. The Morgan fingerprint density at radius 2 is 1.90 bits per heavy atom. The van der Waals surface area contributed by atoms with E-state index in [-0.39, 0.29) is 6.04 Å². The van der Waals surface area contributed by atoms with Crippen LogP contribution in [0.2, 0.25) is 0 Å². The molecule has 0 amide bonds. The van der Waals surface area contributed by atoms with Gasteiger partial charge in [-0.05, 0) is 29.1 Å². The first-order valence-electron chi connectivity index (χ1n) is 9.74. The van der Waals surface area contributed by atoms with Gasteiger partial charge >= 0.3 is 0 Å². The van der Waals surface area contributed by atoms with E-state index in [9.17, 15) is 0 Å². The number of anilines is 1. The van der Waals surface area contributed by atoms with E-state index in [1.54, 1.807) is 15.9 Å². The highest BCUT2D eigenvalue weighted by Crippen LogP contribution is 2.24. The van der Waals surface area contributed by atoms with Crippen LogP contribution in [0.1, 0.15) is 11.6 Å². The monoisotopic (exact) mass is 406 g/mol. The predicted molar refractivity (Wildman–Crippen MR) is 114 cm³/mol. The van der Waals surface area contributed by atoms with Crippen LogP contribution in [0.3, 0.4) is 0 Å². The lowest BCUT2D eigenvalue weighted by Gasteiger charge is -2.35. The zero-order valence-corrected chi connectivity index (χ0v) is 16.8. The van der Waals surface area contributed by atoms with Crippen LogP contribution >= 0.6 is 11.3 Å². The second-order valence-corrected chi connectivity index (χ2v) is 7.76. The van der Waals surface area contributed by atoms with Crippen molar-refractivity contribution in [2.24, 2.45) is 0 Å². The minimum atomic E-state index is 0.259. The lowest BCUT2D eigenvalue weighted by atomic mass is 10.0. The van der Waals surface area contributed by atoms with Gasteiger partial charge in [-0.3, -0.25) is 4.90 Å². The topological polar surface area (TPSA) is 67.6 Å². The van der Waals surface area contributed by atoms with E-state index in [0.29, 0.717) is 0 Å². The fourth-order valence-corrected chi connectivity index (χ4v) is 4.31. The maximum atomic E-state index is 5.55. The van der Waals surface area contributed by atoms with Gasteiger partial charge in [-0.25, -0.2) is 0 Å². The molecule has 5 rings (SSSR count). The van der Waals surface area contributed by atoms with Crippen LogP contribution in [0.15, 0.2) is 59.3 Å². The Morgan fingerprint density at radius 1 is 1.03 bits per heavy atom. The number of aromatic nitrogens is 4. The third-order valence-electron chi connectivity index (χ3n) is 5.19. The van der Waals surface area contributed by atoms with Crippen molar-refractivity contribution in [3.63, 3.8) is 0 Å². The number of ether oxygens (including phenoxy) is 1. The van der Waals surface area contributed by atoms with E-state index in [4.69, 9.17) is 9.84 Å². The molecule has 1 aliphatic rings. The minimum Gasteiger partial charge on any atom is -0.379 e. The van der Waals surface area contributed by atoms with Gasteiger partial charge < -0.3 is 10.1 Å². The fraction of sp³-hybridized carbons (Fsp3) is 0.286. The molecule has 7 nitrogen and oxygen atoms in total. The van der Waals surface area contributed by atoms with Gasteiger partial charge in [0, 0.05) is 30.6 Å². The molecule has 1 N–H and O–H groups in total. The van der Waals surface area contributed by atoms with Crippen molar-refractivity contribution in [3.8, 4) is 11.4 Å². The fourth-order valence-electron chi connectivity index (χ4n) is 3.68. The molecule has 3 aromatic heterocycles. The van der Waals surface area contributed by atoms with Crippen LogP contribution in [0.4, 0.5) is 5.82 Å². The lowest BCUT2D eigenvalue weighted by Crippen LogP contribution is -2.41. The van der Waals surface area contributed by atoms with Crippen LogP contribution in [0, 0.1) is 0 Å². The van der Waals surface area contributed by atoms with Gasteiger partial charge in [0.25, 0.3) is 0 Å². The number of nitrogens with one attached hydrogen (secondary N) is 1. The van der Waals surface area contributed by atoms with Crippen LogP contribution in [-0.4, -0.2) is 57.6 Å². The molecule has 148 valence electrons. The van der Waals surface area contributed by atoms with Gasteiger partial charge in [-0.15, -0.1) is 15.3 Å². The summed E-state index contributed by atoms with van der Waals surface area (Å²) in [7, 11) is 0. The summed E-state index contributed by atoms with van der Waals surface area (Å²) in [6, 6.07) is 16.8. The SMILES string of the molecule is c1ccc(C(CNc2ccc3nnc(-c4ccsc4)n3n2)N2CCOCC2)cc1. The molecule has 4 aromatic rings. The number of hydrogen-bond donors (Lipinski definition) is 1. The van der Waals surface area contributed by atoms with E-state index in [0.717, 1.165) is 55.7 Å². The molecule has 0 spiro atoms. The Hall–Kier alpha value is -2.81. The van der Waals surface area contributed by atoms with Gasteiger partial charge in [0.05, 0.1) is 19.3 Å². The summed E-state index contributed by atoms with van der Waals surface area (Å²) in [5.41, 5.74) is 3.07. The minimum absolute atomic E-state index is 0.259. The van der Waals surface area contributed by atoms with Crippen molar-refractivity contribution in [3.05, 3.63) is 64.9 Å². The first-order chi connectivity index (χ1) is 14.4. The van der Waals surface area contributed by atoms with Crippen LogP contribution in [-0.2, 0) is 4.74 Å². The van der Waals surface area contributed by atoms with Crippen LogP contribution in [0.25, 0.3) is 17.0 Å². The molecule has 29 heavy (non-hydrogen) atoms. The number of rotatable bonds is 6. The Labute approximate surface area is 173 Å². The highest BCUT2D eigenvalue weighted by molar-refractivity contribution is 7.08. The standard InChI is InChI=1S/C21H22N6OS/c1-2-4-16(5-3-1)18(26-9-11-28-12-10-26)14-22-19-6-7-20-23-24-21(27(20)25-19)17-8-13-29-15-17/h1-8,13,15,18H,9-12,14H2,(H,22,25). The van der Waals surface area contributed by atoms with Gasteiger partial charge in [-0.2, -0.15) is 15.9 Å². The Balaban J connectivity index is 1.39. The molecular formula is C21H22N6OS. The van der Waals surface area contributed by atoms with E-state index < -0.39 is 0 Å². The molecule has 0 bridgehead atoms. The summed E-state index contributed by atoms with van der Waals surface area (Å²) in [6.07, 6.45) is 0.